The summed E-state index contributed by atoms with van der Waals surface area (Å²) in [5.74, 6) is 0.00121. The Morgan fingerprint density at radius 1 is 0.871 bits per heavy atom. The quantitative estimate of drug-likeness (QED) is 0.501. The predicted molar refractivity (Wildman–Crippen MR) is 114 cm³/mol. The van der Waals surface area contributed by atoms with E-state index in [9.17, 15) is 9.59 Å². The van der Waals surface area contributed by atoms with Crippen LogP contribution in [0.5, 0.6) is 5.75 Å². The lowest BCUT2D eigenvalue weighted by Crippen LogP contribution is -2.14. The summed E-state index contributed by atoms with van der Waals surface area (Å²) in [6.45, 7) is 0. The van der Waals surface area contributed by atoms with E-state index in [-0.39, 0.29) is 11.8 Å². The Hall–Kier alpha value is -4.53. The van der Waals surface area contributed by atoms with E-state index >= 15 is 0 Å². The van der Waals surface area contributed by atoms with Crippen molar-refractivity contribution in [2.45, 2.75) is 0 Å². The zero-order valence-corrected chi connectivity index (χ0v) is 16.5. The molecule has 0 aliphatic heterocycles. The molecule has 0 saturated carbocycles. The number of hydrogen-bond acceptors (Lipinski definition) is 6. The van der Waals surface area contributed by atoms with Crippen LogP contribution >= 0.6 is 0 Å². The Balaban J connectivity index is 1.43. The Labute approximate surface area is 177 Å². The van der Waals surface area contributed by atoms with Crippen molar-refractivity contribution in [2.75, 3.05) is 17.7 Å². The molecule has 1 heterocycles. The van der Waals surface area contributed by atoms with Crippen LogP contribution in [0.3, 0.4) is 0 Å². The Kier molecular flexibility index (Phi) is 5.66. The first kappa shape index (κ1) is 19.8. The van der Waals surface area contributed by atoms with E-state index in [1.807, 2.05) is 12.1 Å². The maximum atomic E-state index is 12.6. The fraction of sp³-hybridized carbons (Fsp3) is 0.0455. The normalized spacial score (nSPS) is 10.4. The molecule has 0 aliphatic rings. The number of methoxy groups -OCH3 is 1. The van der Waals surface area contributed by atoms with Gasteiger partial charge in [0.05, 0.1) is 18.5 Å². The molecule has 9 heteroatoms. The Morgan fingerprint density at radius 3 is 2.39 bits per heavy atom. The molecule has 0 aliphatic carbocycles. The maximum absolute atomic E-state index is 12.6. The number of carbonyl (C=O) groups is 2. The molecule has 0 atom stereocenters. The molecule has 0 unspecified atom stereocenters. The van der Waals surface area contributed by atoms with Crippen LogP contribution in [0.1, 0.15) is 20.7 Å². The number of hydrogen-bond donors (Lipinski definition) is 2. The summed E-state index contributed by atoms with van der Waals surface area (Å²) in [7, 11) is 1.54. The second-order valence-electron chi connectivity index (χ2n) is 6.49. The smallest absolute Gasteiger partial charge is 0.255 e. The van der Waals surface area contributed by atoms with E-state index in [0.717, 1.165) is 0 Å². The third-order valence-corrected chi connectivity index (χ3v) is 4.48. The molecular weight excluding hydrogens is 396 g/mol. The van der Waals surface area contributed by atoms with Gasteiger partial charge in [0.25, 0.3) is 11.8 Å². The summed E-state index contributed by atoms with van der Waals surface area (Å²) < 4.78 is 6.71. The van der Waals surface area contributed by atoms with Crippen molar-refractivity contribution in [3.8, 4) is 11.4 Å². The highest BCUT2D eigenvalue weighted by Gasteiger charge is 2.11. The van der Waals surface area contributed by atoms with Gasteiger partial charge in [-0.05, 0) is 65.0 Å². The topological polar surface area (TPSA) is 111 Å². The van der Waals surface area contributed by atoms with Crippen LogP contribution in [-0.4, -0.2) is 39.1 Å². The molecule has 0 spiro atoms. The summed E-state index contributed by atoms with van der Waals surface area (Å²) in [5.41, 5.74) is 2.71. The predicted octanol–water partition coefficient (Wildman–Crippen LogP) is 3.18. The van der Waals surface area contributed by atoms with Gasteiger partial charge < -0.3 is 15.4 Å². The highest BCUT2D eigenvalue weighted by molar-refractivity contribution is 6.06. The number of amides is 2. The van der Waals surface area contributed by atoms with Crippen LogP contribution < -0.4 is 15.4 Å². The van der Waals surface area contributed by atoms with Crippen molar-refractivity contribution in [3.05, 3.63) is 90.3 Å². The van der Waals surface area contributed by atoms with Gasteiger partial charge in [0, 0.05) is 16.8 Å². The average Bonchev–Trinajstić information content (AvgIpc) is 3.35. The molecule has 0 saturated heterocycles. The number of rotatable bonds is 6. The van der Waals surface area contributed by atoms with Crippen LogP contribution in [0, 0.1) is 0 Å². The Bertz CT molecular complexity index is 1210. The van der Waals surface area contributed by atoms with Crippen LogP contribution in [0.15, 0.2) is 79.1 Å². The minimum absolute atomic E-state index is 0.281. The lowest BCUT2D eigenvalue weighted by Gasteiger charge is -2.10. The largest absolute Gasteiger partial charge is 0.495 e. The third-order valence-electron chi connectivity index (χ3n) is 4.48. The maximum Gasteiger partial charge on any atom is 0.255 e. The first-order chi connectivity index (χ1) is 15.1. The number of nitrogens with one attached hydrogen (secondary N) is 2. The molecule has 31 heavy (non-hydrogen) atoms. The number of benzene rings is 3. The summed E-state index contributed by atoms with van der Waals surface area (Å²) in [4.78, 5) is 25.1. The lowest BCUT2D eigenvalue weighted by atomic mass is 10.1. The van der Waals surface area contributed by atoms with Crippen LogP contribution in [0.4, 0.5) is 11.4 Å². The zero-order valence-electron chi connectivity index (χ0n) is 16.5. The molecule has 2 amide bonds. The van der Waals surface area contributed by atoms with Crippen molar-refractivity contribution < 1.29 is 14.3 Å². The molecule has 0 bridgehead atoms. The highest BCUT2D eigenvalue weighted by Crippen LogP contribution is 2.24. The number of nitrogens with zero attached hydrogens (tertiary/aromatic N) is 4. The summed E-state index contributed by atoms with van der Waals surface area (Å²) in [5, 5.41) is 16.6. The van der Waals surface area contributed by atoms with E-state index in [2.05, 4.69) is 26.2 Å². The van der Waals surface area contributed by atoms with E-state index in [0.29, 0.717) is 33.9 Å². The van der Waals surface area contributed by atoms with Crippen LogP contribution in [0.2, 0.25) is 0 Å². The van der Waals surface area contributed by atoms with Gasteiger partial charge in [0.1, 0.15) is 12.1 Å². The number of anilines is 2. The van der Waals surface area contributed by atoms with Gasteiger partial charge in [0.15, 0.2) is 0 Å². The number of ether oxygens (including phenoxy) is 1. The lowest BCUT2D eigenvalue weighted by molar-refractivity contribution is 0.101. The zero-order chi connectivity index (χ0) is 21.6. The number of para-hydroxylation sites is 2. The second kappa shape index (κ2) is 8.87. The minimum atomic E-state index is -0.291. The summed E-state index contributed by atoms with van der Waals surface area (Å²) in [6, 6.07) is 20.7. The van der Waals surface area contributed by atoms with Crippen molar-refractivity contribution >= 4 is 23.2 Å². The fourth-order valence-electron chi connectivity index (χ4n) is 2.92. The molecule has 0 radical (unpaired) electrons. The number of carbonyl (C=O) groups excluding carboxylic acids is 2. The van der Waals surface area contributed by atoms with Crippen molar-refractivity contribution in [2.24, 2.45) is 0 Å². The minimum Gasteiger partial charge on any atom is -0.495 e. The van der Waals surface area contributed by atoms with Gasteiger partial charge in [-0.3, -0.25) is 9.59 Å². The first-order valence-electron chi connectivity index (χ1n) is 9.33. The highest BCUT2D eigenvalue weighted by atomic mass is 16.5. The standard InChI is InChI=1S/C22H18N6O3/c1-31-20-8-3-2-7-19(20)25-21(29)15-9-11-17(12-10-15)24-22(30)16-5-4-6-18(13-16)28-14-23-26-27-28/h2-14H,1H3,(H,24,30)(H,25,29). The Morgan fingerprint density at radius 2 is 1.65 bits per heavy atom. The molecule has 0 fully saturated rings. The van der Waals surface area contributed by atoms with E-state index in [4.69, 9.17) is 4.74 Å². The molecule has 3 aromatic carbocycles. The molecule has 1 aromatic heterocycles. The number of aromatic nitrogens is 4. The van der Waals surface area contributed by atoms with Gasteiger partial charge in [-0.1, -0.05) is 18.2 Å². The summed E-state index contributed by atoms with van der Waals surface area (Å²) in [6.07, 6.45) is 1.45. The van der Waals surface area contributed by atoms with E-state index < -0.39 is 0 Å². The van der Waals surface area contributed by atoms with Crippen LogP contribution in [-0.2, 0) is 0 Å². The van der Waals surface area contributed by atoms with E-state index in [1.54, 1.807) is 67.8 Å². The molecule has 9 nitrogen and oxygen atoms in total. The third kappa shape index (κ3) is 4.56. The van der Waals surface area contributed by atoms with Gasteiger partial charge in [0.2, 0.25) is 0 Å². The monoisotopic (exact) mass is 414 g/mol. The molecule has 154 valence electrons. The molecule has 4 rings (SSSR count). The van der Waals surface area contributed by atoms with Crippen LogP contribution in [0.25, 0.3) is 5.69 Å². The van der Waals surface area contributed by atoms with Gasteiger partial charge in [-0.2, -0.15) is 0 Å². The molecule has 4 aromatic rings. The fourth-order valence-corrected chi connectivity index (χ4v) is 2.92. The summed E-state index contributed by atoms with van der Waals surface area (Å²) >= 11 is 0. The SMILES string of the molecule is COc1ccccc1NC(=O)c1ccc(NC(=O)c2cccc(-n3cnnn3)c2)cc1. The van der Waals surface area contributed by atoms with Gasteiger partial charge in [-0.25, -0.2) is 4.68 Å². The van der Waals surface area contributed by atoms with E-state index in [1.165, 1.54) is 11.0 Å². The van der Waals surface area contributed by atoms with Crippen molar-refractivity contribution in [3.63, 3.8) is 0 Å². The second-order valence-corrected chi connectivity index (χ2v) is 6.49. The van der Waals surface area contributed by atoms with Crippen molar-refractivity contribution in [1.29, 1.82) is 0 Å². The molecule has 2 N–H and O–H groups in total. The molecular formula is C22H18N6O3. The number of tetrazole rings is 1. The average molecular weight is 414 g/mol. The van der Waals surface area contributed by atoms with Crippen molar-refractivity contribution in [1.82, 2.24) is 20.2 Å². The van der Waals surface area contributed by atoms with Gasteiger partial charge in [-0.15, -0.1) is 5.10 Å². The first-order valence-corrected chi connectivity index (χ1v) is 9.33. The van der Waals surface area contributed by atoms with Gasteiger partial charge >= 0.3 is 0 Å².